The number of hydrogen-bond donors (Lipinski definition) is 1. The Kier molecular flexibility index (Phi) is 5.91. The zero-order valence-corrected chi connectivity index (χ0v) is 16.9. The van der Waals surface area contributed by atoms with E-state index in [1.54, 1.807) is 0 Å². The van der Waals surface area contributed by atoms with Crippen molar-refractivity contribution < 1.29 is 9.53 Å². The summed E-state index contributed by atoms with van der Waals surface area (Å²) in [5.41, 5.74) is 4.24. The average Bonchev–Trinajstić information content (AvgIpc) is 3.04. The molecule has 1 atom stereocenters. The highest BCUT2D eigenvalue weighted by atomic mass is 32.1. The Labute approximate surface area is 164 Å². The number of carbonyl (C=O) groups excluding carboxylic acids is 1. The Morgan fingerprint density at radius 1 is 1.11 bits per heavy atom. The highest BCUT2D eigenvalue weighted by Crippen LogP contribution is 2.23. The van der Waals surface area contributed by atoms with E-state index in [2.05, 4.69) is 24.1 Å². The van der Waals surface area contributed by atoms with Crippen LogP contribution in [0.3, 0.4) is 0 Å². The number of ether oxygens (including phenoxy) is 1. The van der Waals surface area contributed by atoms with E-state index in [0.29, 0.717) is 11.5 Å². The summed E-state index contributed by atoms with van der Waals surface area (Å²) in [5, 5.41) is 3.84. The maximum absolute atomic E-state index is 12.6. The van der Waals surface area contributed by atoms with E-state index in [4.69, 9.17) is 4.74 Å². The summed E-state index contributed by atoms with van der Waals surface area (Å²) in [6.07, 6.45) is 0. The molecule has 1 heterocycles. The third-order valence-electron chi connectivity index (χ3n) is 4.53. The first-order valence-corrected chi connectivity index (χ1v) is 9.78. The zero-order chi connectivity index (χ0) is 19.4. The first-order chi connectivity index (χ1) is 12.9. The molecule has 0 aliphatic carbocycles. The largest absolute Gasteiger partial charge is 0.486 e. The molecule has 3 rings (SSSR count). The lowest BCUT2D eigenvalue weighted by Crippen LogP contribution is -2.26. The van der Waals surface area contributed by atoms with E-state index in [0.717, 1.165) is 22.0 Å². The van der Waals surface area contributed by atoms with Crippen molar-refractivity contribution in [2.45, 2.75) is 40.3 Å². The van der Waals surface area contributed by atoms with Crippen molar-refractivity contribution >= 4 is 17.2 Å². The molecule has 1 amide bonds. The van der Waals surface area contributed by atoms with E-state index in [9.17, 15) is 4.79 Å². The molecule has 0 spiro atoms. The Morgan fingerprint density at radius 3 is 2.56 bits per heavy atom. The number of nitrogens with zero attached hydrogens (tertiary/aromatic N) is 1. The Morgan fingerprint density at radius 2 is 1.85 bits per heavy atom. The fourth-order valence-corrected chi connectivity index (χ4v) is 3.64. The monoisotopic (exact) mass is 380 g/mol. The summed E-state index contributed by atoms with van der Waals surface area (Å²) in [5.74, 6) is 0.716. The van der Waals surface area contributed by atoms with Crippen LogP contribution in [0.5, 0.6) is 5.75 Å². The third kappa shape index (κ3) is 4.74. The Balaban J connectivity index is 1.64. The predicted molar refractivity (Wildman–Crippen MR) is 109 cm³/mol. The van der Waals surface area contributed by atoms with E-state index >= 15 is 0 Å². The van der Waals surface area contributed by atoms with Crippen molar-refractivity contribution in [3.8, 4) is 5.75 Å². The van der Waals surface area contributed by atoms with Crippen molar-refractivity contribution in [2.75, 3.05) is 0 Å². The molecule has 0 saturated heterocycles. The molecular weight excluding hydrogens is 356 g/mol. The van der Waals surface area contributed by atoms with Crippen LogP contribution in [0.1, 0.15) is 50.0 Å². The number of aromatic nitrogens is 1. The summed E-state index contributed by atoms with van der Waals surface area (Å²) in [4.78, 5) is 17.8. The maximum atomic E-state index is 12.6. The number of benzene rings is 2. The zero-order valence-electron chi connectivity index (χ0n) is 16.1. The Hall–Kier alpha value is -2.66. The molecule has 27 heavy (non-hydrogen) atoms. The molecule has 5 heteroatoms. The van der Waals surface area contributed by atoms with Gasteiger partial charge < -0.3 is 10.1 Å². The molecule has 1 aromatic heterocycles. The van der Waals surface area contributed by atoms with Gasteiger partial charge in [0.1, 0.15) is 22.2 Å². The molecule has 0 saturated carbocycles. The van der Waals surface area contributed by atoms with Gasteiger partial charge in [-0.3, -0.25) is 4.79 Å². The predicted octanol–water partition coefficient (Wildman–Crippen LogP) is 5.14. The summed E-state index contributed by atoms with van der Waals surface area (Å²) in [6, 6.07) is 15.9. The van der Waals surface area contributed by atoms with Gasteiger partial charge in [0.25, 0.3) is 5.91 Å². The molecule has 1 N–H and O–H groups in total. The maximum Gasteiger partial charge on any atom is 0.263 e. The van der Waals surface area contributed by atoms with Crippen LogP contribution in [0, 0.1) is 20.8 Å². The minimum atomic E-state index is -0.0983. The first-order valence-electron chi connectivity index (χ1n) is 8.96. The molecule has 0 aliphatic heterocycles. The number of amides is 1. The lowest BCUT2D eigenvalue weighted by Gasteiger charge is -2.13. The van der Waals surface area contributed by atoms with Crippen LogP contribution in [0.25, 0.3) is 0 Å². The van der Waals surface area contributed by atoms with E-state index in [1.165, 1.54) is 22.5 Å². The second kappa shape index (κ2) is 8.35. The topological polar surface area (TPSA) is 51.2 Å². The fraction of sp³-hybridized carbons (Fsp3) is 0.273. The summed E-state index contributed by atoms with van der Waals surface area (Å²) >= 11 is 1.38. The van der Waals surface area contributed by atoms with Gasteiger partial charge in [-0.15, -0.1) is 11.3 Å². The second-order valence-corrected chi connectivity index (χ2v) is 7.75. The van der Waals surface area contributed by atoms with Crippen LogP contribution in [-0.4, -0.2) is 10.9 Å². The minimum absolute atomic E-state index is 0.0598. The van der Waals surface area contributed by atoms with Gasteiger partial charge in [0.05, 0.1) is 11.7 Å². The van der Waals surface area contributed by atoms with Gasteiger partial charge in [0.15, 0.2) is 0 Å². The molecule has 0 aliphatic rings. The van der Waals surface area contributed by atoms with E-state index < -0.39 is 0 Å². The van der Waals surface area contributed by atoms with Crippen LogP contribution in [0.2, 0.25) is 0 Å². The van der Waals surface area contributed by atoms with Crippen molar-refractivity contribution in [1.29, 1.82) is 0 Å². The lowest BCUT2D eigenvalue weighted by molar-refractivity contribution is 0.0943. The van der Waals surface area contributed by atoms with Crippen LogP contribution in [0.15, 0.2) is 48.5 Å². The van der Waals surface area contributed by atoms with Crippen molar-refractivity contribution in [3.63, 3.8) is 0 Å². The molecule has 3 aromatic rings. The molecule has 0 bridgehead atoms. The highest BCUT2D eigenvalue weighted by Gasteiger charge is 2.18. The third-order valence-corrected chi connectivity index (χ3v) is 5.66. The van der Waals surface area contributed by atoms with Crippen LogP contribution in [-0.2, 0) is 6.61 Å². The number of hydrogen-bond acceptors (Lipinski definition) is 4. The molecular formula is C22H24N2O2S. The minimum Gasteiger partial charge on any atom is -0.486 e. The van der Waals surface area contributed by atoms with Crippen molar-refractivity contribution in [3.05, 3.63) is 80.8 Å². The van der Waals surface area contributed by atoms with Gasteiger partial charge in [-0.2, -0.15) is 0 Å². The highest BCUT2D eigenvalue weighted by molar-refractivity contribution is 7.13. The van der Waals surface area contributed by atoms with Crippen molar-refractivity contribution in [2.24, 2.45) is 0 Å². The van der Waals surface area contributed by atoms with Crippen molar-refractivity contribution in [1.82, 2.24) is 10.3 Å². The van der Waals surface area contributed by atoms with Gasteiger partial charge in [-0.1, -0.05) is 36.4 Å². The standard InChI is InChI=1S/C22H24N2O2S/c1-14-10-11-19(12-15(14)2)26-13-20-23-17(4)21(27-20)22(25)24-16(3)18-8-6-5-7-9-18/h5-12,16H,13H2,1-4H3,(H,24,25)/t16-/m1/s1. The lowest BCUT2D eigenvalue weighted by atomic mass is 10.1. The van der Waals surface area contributed by atoms with Crippen LogP contribution >= 0.6 is 11.3 Å². The van der Waals surface area contributed by atoms with Gasteiger partial charge >= 0.3 is 0 Å². The van der Waals surface area contributed by atoms with E-state index in [1.807, 2.05) is 62.4 Å². The number of rotatable bonds is 6. The second-order valence-electron chi connectivity index (χ2n) is 6.66. The average molecular weight is 381 g/mol. The summed E-state index contributed by atoms with van der Waals surface area (Å²) < 4.78 is 5.84. The van der Waals surface area contributed by atoms with Gasteiger partial charge in [-0.25, -0.2) is 4.98 Å². The smallest absolute Gasteiger partial charge is 0.263 e. The molecule has 140 valence electrons. The molecule has 4 nitrogen and oxygen atoms in total. The SMILES string of the molecule is Cc1ccc(OCc2nc(C)c(C(=O)N[C@H](C)c3ccccc3)s2)cc1C. The molecule has 2 aromatic carbocycles. The molecule has 0 unspecified atom stereocenters. The van der Waals surface area contributed by atoms with Gasteiger partial charge in [-0.05, 0) is 56.5 Å². The normalized spacial score (nSPS) is 11.9. The first kappa shape index (κ1) is 19.1. The van der Waals surface area contributed by atoms with Crippen LogP contribution in [0.4, 0.5) is 0 Å². The quantitative estimate of drug-likeness (QED) is 0.644. The Bertz CT molecular complexity index is 935. The molecule has 0 radical (unpaired) electrons. The molecule has 0 fully saturated rings. The summed E-state index contributed by atoms with van der Waals surface area (Å²) in [6.45, 7) is 8.33. The fourth-order valence-electron chi connectivity index (χ4n) is 2.76. The van der Waals surface area contributed by atoms with E-state index in [-0.39, 0.29) is 11.9 Å². The summed E-state index contributed by atoms with van der Waals surface area (Å²) in [7, 11) is 0. The number of aryl methyl sites for hydroxylation is 3. The number of thiazole rings is 1. The number of carbonyl (C=O) groups is 1. The van der Waals surface area contributed by atoms with Gasteiger partial charge in [0, 0.05) is 0 Å². The van der Waals surface area contributed by atoms with Gasteiger partial charge in [0.2, 0.25) is 0 Å². The van der Waals surface area contributed by atoms with Crippen LogP contribution < -0.4 is 10.1 Å². The number of nitrogens with one attached hydrogen (secondary N) is 1.